The summed E-state index contributed by atoms with van der Waals surface area (Å²) in [6, 6.07) is 8.94. The van der Waals surface area contributed by atoms with Crippen molar-refractivity contribution in [3.8, 4) is 23.0 Å². The van der Waals surface area contributed by atoms with Gasteiger partial charge in [0.2, 0.25) is 11.6 Å². The molecule has 0 fully saturated rings. The number of carbonyl (C=O) groups is 1. The van der Waals surface area contributed by atoms with Crippen LogP contribution in [-0.4, -0.2) is 39.8 Å². The van der Waals surface area contributed by atoms with E-state index in [-0.39, 0.29) is 17.3 Å². The average Bonchev–Trinajstić information content (AvgIpc) is 3.07. The number of rotatable bonds is 7. The largest absolute Gasteiger partial charge is 0.493 e. The van der Waals surface area contributed by atoms with Gasteiger partial charge in [-0.15, -0.1) is 0 Å². The van der Waals surface area contributed by atoms with Crippen molar-refractivity contribution < 1.29 is 37.3 Å². The van der Waals surface area contributed by atoms with E-state index in [0.717, 1.165) is 0 Å². The lowest BCUT2D eigenvalue weighted by Crippen LogP contribution is -2.06. The van der Waals surface area contributed by atoms with E-state index in [0.29, 0.717) is 28.4 Å². The SMILES string of the molecule is COc1ccc(/C=C2\N=C(c3ccc(OC(F)F)cc3)OC2=O)c(OC)c1OC. The molecule has 152 valence electrons. The Labute approximate surface area is 165 Å². The maximum atomic E-state index is 12.2. The lowest BCUT2D eigenvalue weighted by atomic mass is 10.1. The fraction of sp³-hybridized carbons (Fsp3) is 0.200. The van der Waals surface area contributed by atoms with E-state index in [4.69, 9.17) is 18.9 Å². The molecule has 0 aliphatic carbocycles. The number of ether oxygens (including phenoxy) is 5. The fourth-order valence-electron chi connectivity index (χ4n) is 2.70. The third kappa shape index (κ3) is 4.29. The predicted octanol–water partition coefficient (Wildman–Crippen LogP) is 3.66. The summed E-state index contributed by atoms with van der Waals surface area (Å²) in [7, 11) is 4.43. The number of aliphatic imine (C=N–C) groups is 1. The molecule has 29 heavy (non-hydrogen) atoms. The molecule has 1 aliphatic heterocycles. The van der Waals surface area contributed by atoms with Crippen LogP contribution < -0.4 is 18.9 Å². The first-order chi connectivity index (χ1) is 14.0. The number of hydrogen-bond donors (Lipinski definition) is 0. The Hall–Kier alpha value is -3.62. The molecule has 9 heteroatoms. The topological polar surface area (TPSA) is 75.6 Å². The van der Waals surface area contributed by atoms with Crippen LogP contribution in [0.25, 0.3) is 6.08 Å². The molecule has 1 aliphatic rings. The van der Waals surface area contributed by atoms with E-state index in [1.807, 2.05) is 0 Å². The highest BCUT2D eigenvalue weighted by molar-refractivity contribution is 6.13. The molecule has 1 heterocycles. The van der Waals surface area contributed by atoms with Crippen LogP contribution in [0.3, 0.4) is 0 Å². The zero-order valence-corrected chi connectivity index (χ0v) is 15.8. The lowest BCUT2D eigenvalue weighted by Gasteiger charge is -2.14. The summed E-state index contributed by atoms with van der Waals surface area (Å²) in [4.78, 5) is 16.4. The van der Waals surface area contributed by atoms with Gasteiger partial charge in [-0.2, -0.15) is 8.78 Å². The first kappa shape index (κ1) is 20.1. The second kappa shape index (κ2) is 8.59. The Bertz CT molecular complexity index is 970. The third-order valence-corrected chi connectivity index (χ3v) is 3.97. The van der Waals surface area contributed by atoms with E-state index in [9.17, 15) is 13.6 Å². The second-order valence-corrected chi connectivity index (χ2v) is 5.66. The van der Waals surface area contributed by atoms with Crippen molar-refractivity contribution >= 4 is 17.9 Å². The normalized spacial score (nSPS) is 14.6. The third-order valence-electron chi connectivity index (χ3n) is 3.97. The van der Waals surface area contributed by atoms with Crippen LogP contribution in [0.5, 0.6) is 23.0 Å². The zero-order valence-electron chi connectivity index (χ0n) is 15.8. The van der Waals surface area contributed by atoms with Gasteiger partial charge >= 0.3 is 12.6 Å². The number of esters is 1. The van der Waals surface area contributed by atoms with Crippen LogP contribution in [0, 0.1) is 0 Å². The second-order valence-electron chi connectivity index (χ2n) is 5.66. The monoisotopic (exact) mass is 405 g/mol. The minimum absolute atomic E-state index is 0.0143. The van der Waals surface area contributed by atoms with Gasteiger partial charge in [-0.25, -0.2) is 9.79 Å². The quantitative estimate of drug-likeness (QED) is 0.517. The Morgan fingerprint density at radius 1 is 0.966 bits per heavy atom. The van der Waals surface area contributed by atoms with Gasteiger partial charge in [-0.05, 0) is 42.5 Å². The van der Waals surface area contributed by atoms with Crippen LogP contribution in [0.15, 0.2) is 47.1 Å². The van der Waals surface area contributed by atoms with Gasteiger partial charge in [0.05, 0.1) is 21.3 Å². The van der Waals surface area contributed by atoms with E-state index < -0.39 is 12.6 Å². The molecule has 0 N–H and O–H groups in total. The molecule has 0 amide bonds. The maximum Gasteiger partial charge on any atom is 0.387 e. The summed E-state index contributed by atoms with van der Waals surface area (Å²) in [5, 5.41) is 0. The Morgan fingerprint density at radius 3 is 2.24 bits per heavy atom. The highest BCUT2D eigenvalue weighted by atomic mass is 19.3. The van der Waals surface area contributed by atoms with Crippen molar-refractivity contribution in [3.63, 3.8) is 0 Å². The van der Waals surface area contributed by atoms with E-state index >= 15 is 0 Å². The Kier molecular flexibility index (Phi) is 5.96. The van der Waals surface area contributed by atoms with E-state index in [1.165, 1.54) is 51.7 Å². The summed E-state index contributed by atoms with van der Waals surface area (Å²) >= 11 is 0. The lowest BCUT2D eigenvalue weighted by molar-refractivity contribution is -0.129. The van der Waals surface area contributed by atoms with Crippen molar-refractivity contribution in [1.82, 2.24) is 0 Å². The number of methoxy groups -OCH3 is 3. The number of alkyl halides is 2. The Balaban J connectivity index is 1.93. The summed E-state index contributed by atoms with van der Waals surface area (Å²) < 4.78 is 49.9. The van der Waals surface area contributed by atoms with Gasteiger partial charge < -0.3 is 23.7 Å². The van der Waals surface area contributed by atoms with Crippen molar-refractivity contribution in [1.29, 1.82) is 0 Å². The smallest absolute Gasteiger partial charge is 0.387 e. The molecule has 0 bridgehead atoms. The molecule has 2 aromatic carbocycles. The maximum absolute atomic E-state index is 12.2. The van der Waals surface area contributed by atoms with Gasteiger partial charge in [-0.1, -0.05) is 0 Å². The number of cyclic esters (lactones) is 1. The molecule has 0 unspecified atom stereocenters. The molecular weight excluding hydrogens is 388 g/mol. The first-order valence-electron chi connectivity index (χ1n) is 8.33. The molecule has 0 spiro atoms. The van der Waals surface area contributed by atoms with Gasteiger partial charge in [0.15, 0.2) is 17.2 Å². The predicted molar refractivity (Wildman–Crippen MR) is 99.8 cm³/mol. The van der Waals surface area contributed by atoms with Gasteiger partial charge in [0.1, 0.15) is 5.75 Å². The number of benzene rings is 2. The zero-order chi connectivity index (χ0) is 21.0. The minimum atomic E-state index is -2.92. The van der Waals surface area contributed by atoms with Crippen LogP contribution in [0.4, 0.5) is 8.78 Å². The highest BCUT2D eigenvalue weighted by Gasteiger charge is 2.25. The molecule has 0 aromatic heterocycles. The van der Waals surface area contributed by atoms with E-state index in [2.05, 4.69) is 9.73 Å². The summed E-state index contributed by atoms with van der Waals surface area (Å²) in [5.41, 5.74) is 1.00. The number of halogens is 2. The van der Waals surface area contributed by atoms with Gasteiger partial charge in [0.25, 0.3) is 0 Å². The number of nitrogens with zero attached hydrogens (tertiary/aromatic N) is 1. The molecule has 0 atom stereocenters. The van der Waals surface area contributed by atoms with Gasteiger partial charge in [0, 0.05) is 11.1 Å². The first-order valence-corrected chi connectivity index (χ1v) is 8.33. The fourth-order valence-corrected chi connectivity index (χ4v) is 2.70. The number of carbonyl (C=O) groups excluding carboxylic acids is 1. The van der Waals surface area contributed by atoms with Crippen LogP contribution >= 0.6 is 0 Å². The van der Waals surface area contributed by atoms with Gasteiger partial charge in [-0.3, -0.25) is 0 Å². The molecule has 0 radical (unpaired) electrons. The molecule has 2 aromatic rings. The molecular formula is C20H17F2NO6. The van der Waals surface area contributed by atoms with Crippen molar-refractivity contribution in [2.75, 3.05) is 21.3 Å². The van der Waals surface area contributed by atoms with Crippen molar-refractivity contribution in [2.24, 2.45) is 4.99 Å². The molecule has 3 rings (SSSR count). The van der Waals surface area contributed by atoms with Crippen LogP contribution in [-0.2, 0) is 9.53 Å². The van der Waals surface area contributed by atoms with E-state index in [1.54, 1.807) is 12.1 Å². The number of hydrogen-bond acceptors (Lipinski definition) is 7. The van der Waals surface area contributed by atoms with Crippen LogP contribution in [0.1, 0.15) is 11.1 Å². The molecule has 0 saturated heterocycles. The van der Waals surface area contributed by atoms with Crippen molar-refractivity contribution in [2.45, 2.75) is 6.61 Å². The summed E-state index contributed by atoms with van der Waals surface area (Å²) in [6.45, 7) is -2.92. The average molecular weight is 405 g/mol. The summed E-state index contributed by atoms with van der Waals surface area (Å²) in [5.74, 6) is 0.572. The highest BCUT2D eigenvalue weighted by Crippen LogP contribution is 2.41. The van der Waals surface area contributed by atoms with Crippen LogP contribution in [0.2, 0.25) is 0 Å². The molecule has 0 saturated carbocycles. The Morgan fingerprint density at radius 2 is 1.66 bits per heavy atom. The summed E-state index contributed by atoms with van der Waals surface area (Å²) in [6.07, 6.45) is 1.49. The molecule has 7 nitrogen and oxygen atoms in total. The minimum Gasteiger partial charge on any atom is -0.493 e. The van der Waals surface area contributed by atoms with Crippen molar-refractivity contribution in [3.05, 3.63) is 53.2 Å². The standard InChI is InChI=1S/C20H17F2NO6/c1-25-15-9-6-12(16(26-2)17(15)27-3)10-14-19(24)29-18(23-14)11-4-7-13(8-5-11)28-20(21)22/h4-10,20H,1-3H3/b14-10-.